The highest BCUT2D eigenvalue weighted by Crippen LogP contribution is 2.22. The molecule has 0 spiro atoms. The van der Waals surface area contributed by atoms with Gasteiger partial charge in [0.15, 0.2) is 0 Å². The SMILES string of the molecule is Cc1nccnc1N1CCC(CN)CC1. The Morgan fingerprint density at radius 2 is 2.00 bits per heavy atom. The molecule has 0 saturated carbocycles. The molecule has 1 aliphatic rings. The van der Waals surface area contributed by atoms with Crippen LogP contribution >= 0.6 is 0 Å². The molecule has 0 aromatic carbocycles. The lowest BCUT2D eigenvalue weighted by Crippen LogP contribution is -2.37. The van der Waals surface area contributed by atoms with Gasteiger partial charge < -0.3 is 10.6 Å². The van der Waals surface area contributed by atoms with Gasteiger partial charge in [0.25, 0.3) is 0 Å². The summed E-state index contributed by atoms with van der Waals surface area (Å²) in [5.41, 5.74) is 6.69. The number of nitrogens with zero attached hydrogens (tertiary/aromatic N) is 3. The van der Waals surface area contributed by atoms with Gasteiger partial charge in [-0.2, -0.15) is 0 Å². The predicted molar refractivity (Wildman–Crippen MR) is 60.8 cm³/mol. The van der Waals surface area contributed by atoms with E-state index in [0.717, 1.165) is 31.1 Å². The van der Waals surface area contributed by atoms with Crippen LogP contribution in [0.4, 0.5) is 5.82 Å². The van der Waals surface area contributed by atoms with Crippen molar-refractivity contribution in [1.82, 2.24) is 9.97 Å². The fraction of sp³-hybridized carbons (Fsp3) is 0.636. The molecule has 0 amide bonds. The molecule has 0 unspecified atom stereocenters. The Kier molecular flexibility index (Phi) is 3.16. The van der Waals surface area contributed by atoms with Gasteiger partial charge in [-0.05, 0) is 32.2 Å². The van der Waals surface area contributed by atoms with Crippen LogP contribution in [0.25, 0.3) is 0 Å². The molecular formula is C11H18N4. The van der Waals surface area contributed by atoms with Crippen molar-refractivity contribution in [2.45, 2.75) is 19.8 Å². The predicted octanol–water partition coefficient (Wildman–Crippen LogP) is 0.960. The molecule has 4 nitrogen and oxygen atoms in total. The van der Waals surface area contributed by atoms with Crippen LogP contribution in [0.5, 0.6) is 0 Å². The molecule has 1 aromatic heterocycles. The minimum atomic E-state index is 0.693. The van der Waals surface area contributed by atoms with Crippen LogP contribution in [0.2, 0.25) is 0 Å². The minimum Gasteiger partial charge on any atom is -0.355 e. The number of nitrogens with two attached hydrogens (primary N) is 1. The van der Waals surface area contributed by atoms with Gasteiger partial charge in [0, 0.05) is 25.5 Å². The molecule has 2 N–H and O–H groups in total. The van der Waals surface area contributed by atoms with Crippen LogP contribution in [0.15, 0.2) is 12.4 Å². The summed E-state index contributed by atoms with van der Waals surface area (Å²) in [5.74, 6) is 1.73. The van der Waals surface area contributed by atoms with Crippen LogP contribution in [0.3, 0.4) is 0 Å². The Labute approximate surface area is 90.5 Å². The molecule has 82 valence electrons. The summed E-state index contributed by atoms with van der Waals surface area (Å²) in [5, 5.41) is 0. The average Bonchev–Trinajstić information content (AvgIpc) is 2.30. The normalized spacial score (nSPS) is 18.1. The van der Waals surface area contributed by atoms with Gasteiger partial charge in [-0.15, -0.1) is 0 Å². The van der Waals surface area contributed by atoms with Gasteiger partial charge in [0.05, 0.1) is 5.69 Å². The molecular weight excluding hydrogens is 188 g/mol. The van der Waals surface area contributed by atoms with Crippen molar-refractivity contribution < 1.29 is 0 Å². The molecule has 0 radical (unpaired) electrons. The number of anilines is 1. The van der Waals surface area contributed by atoms with E-state index < -0.39 is 0 Å². The van der Waals surface area contributed by atoms with Crippen molar-refractivity contribution in [2.75, 3.05) is 24.5 Å². The lowest BCUT2D eigenvalue weighted by Gasteiger charge is -2.32. The molecule has 1 fully saturated rings. The topological polar surface area (TPSA) is 55.0 Å². The van der Waals surface area contributed by atoms with Crippen molar-refractivity contribution >= 4 is 5.82 Å². The maximum atomic E-state index is 5.67. The highest BCUT2D eigenvalue weighted by atomic mass is 15.2. The van der Waals surface area contributed by atoms with E-state index in [0.29, 0.717) is 5.92 Å². The molecule has 2 heterocycles. The number of aromatic nitrogens is 2. The molecule has 2 rings (SSSR count). The second-order valence-electron chi connectivity index (χ2n) is 4.13. The fourth-order valence-electron chi connectivity index (χ4n) is 2.09. The largest absolute Gasteiger partial charge is 0.355 e. The first-order valence-electron chi connectivity index (χ1n) is 5.54. The van der Waals surface area contributed by atoms with E-state index in [1.165, 1.54) is 12.8 Å². The van der Waals surface area contributed by atoms with Crippen LogP contribution in [-0.2, 0) is 0 Å². The van der Waals surface area contributed by atoms with Crippen molar-refractivity contribution in [3.8, 4) is 0 Å². The zero-order valence-corrected chi connectivity index (χ0v) is 9.19. The fourth-order valence-corrected chi connectivity index (χ4v) is 2.09. The molecule has 1 aliphatic heterocycles. The maximum Gasteiger partial charge on any atom is 0.150 e. The van der Waals surface area contributed by atoms with Gasteiger partial charge in [-0.25, -0.2) is 4.98 Å². The van der Waals surface area contributed by atoms with E-state index in [1.54, 1.807) is 12.4 Å². The van der Waals surface area contributed by atoms with Crippen molar-refractivity contribution in [2.24, 2.45) is 11.7 Å². The molecule has 0 atom stereocenters. The van der Waals surface area contributed by atoms with E-state index in [-0.39, 0.29) is 0 Å². The maximum absolute atomic E-state index is 5.67. The summed E-state index contributed by atoms with van der Waals surface area (Å²) in [6.07, 6.45) is 5.85. The second-order valence-corrected chi connectivity index (χ2v) is 4.13. The van der Waals surface area contributed by atoms with Crippen molar-refractivity contribution in [1.29, 1.82) is 0 Å². The highest BCUT2D eigenvalue weighted by Gasteiger charge is 2.20. The third-order valence-electron chi connectivity index (χ3n) is 3.10. The number of hydrogen-bond donors (Lipinski definition) is 1. The monoisotopic (exact) mass is 206 g/mol. The van der Waals surface area contributed by atoms with E-state index in [4.69, 9.17) is 5.73 Å². The Hall–Kier alpha value is -1.16. The molecule has 15 heavy (non-hydrogen) atoms. The summed E-state index contributed by atoms with van der Waals surface area (Å²) in [4.78, 5) is 11.0. The standard InChI is InChI=1S/C11H18N4/c1-9-11(14-5-4-13-9)15-6-2-10(8-12)3-7-15/h4-5,10H,2-3,6-8,12H2,1H3. The van der Waals surface area contributed by atoms with Crippen molar-refractivity contribution in [3.63, 3.8) is 0 Å². The average molecular weight is 206 g/mol. The lowest BCUT2D eigenvalue weighted by molar-refractivity contribution is 0.412. The van der Waals surface area contributed by atoms with Crippen molar-refractivity contribution in [3.05, 3.63) is 18.1 Å². The molecule has 4 heteroatoms. The summed E-state index contributed by atoms with van der Waals surface area (Å²) in [7, 11) is 0. The molecule has 0 aliphatic carbocycles. The highest BCUT2D eigenvalue weighted by molar-refractivity contribution is 5.42. The summed E-state index contributed by atoms with van der Waals surface area (Å²) in [6.45, 7) is 4.94. The summed E-state index contributed by atoms with van der Waals surface area (Å²) < 4.78 is 0. The first kappa shape index (κ1) is 10.4. The zero-order chi connectivity index (χ0) is 10.7. The van der Waals surface area contributed by atoms with E-state index >= 15 is 0 Å². The first-order valence-corrected chi connectivity index (χ1v) is 5.54. The Morgan fingerprint density at radius 3 is 2.60 bits per heavy atom. The second kappa shape index (κ2) is 4.57. The number of hydrogen-bond acceptors (Lipinski definition) is 4. The van der Waals surface area contributed by atoms with Crippen LogP contribution in [0, 0.1) is 12.8 Å². The smallest absolute Gasteiger partial charge is 0.150 e. The van der Waals surface area contributed by atoms with Gasteiger partial charge in [0.1, 0.15) is 5.82 Å². The van der Waals surface area contributed by atoms with Crippen LogP contribution < -0.4 is 10.6 Å². The molecule has 1 saturated heterocycles. The van der Waals surface area contributed by atoms with E-state index in [2.05, 4.69) is 14.9 Å². The van der Waals surface area contributed by atoms with Gasteiger partial charge >= 0.3 is 0 Å². The first-order chi connectivity index (χ1) is 7.31. The van der Waals surface area contributed by atoms with E-state index in [9.17, 15) is 0 Å². The quantitative estimate of drug-likeness (QED) is 0.783. The number of aryl methyl sites for hydroxylation is 1. The third-order valence-corrected chi connectivity index (χ3v) is 3.10. The lowest BCUT2D eigenvalue weighted by atomic mass is 9.97. The number of piperidine rings is 1. The van der Waals surface area contributed by atoms with Gasteiger partial charge in [0.2, 0.25) is 0 Å². The summed E-state index contributed by atoms with van der Waals surface area (Å²) >= 11 is 0. The Morgan fingerprint density at radius 1 is 1.33 bits per heavy atom. The minimum absolute atomic E-state index is 0.693. The zero-order valence-electron chi connectivity index (χ0n) is 9.19. The third kappa shape index (κ3) is 2.26. The van der Waals surface area contributed by atoms with Crippen LogP contribution in [0.1, 0.15) is 18.5 Å². The molecule has 1 aromatic rings. The van der Waals surface area contributed by atoms with Crippen LogP contribution in [-0.4, -0.2) is 29.6 Å². The molecule has 0 bridgehead atoms. The Balaban J connectivity index is 2.04. The van der Waals surface area contributed by atoms with Gasteiger partial charge in [-0.3, -0.25) is 4.98 Å². The Bertz CT molecular complexity index is 318. The summed E-state index contributed by atoms with van der Waals surface area (Å²) in [6, 6.07) is 0. The van der Waals surface area contributed by atoms with E-state index in [1.807, 2.05) is 6.92 Å². The van der Waals surface area contributed by atoms with Gasteiger partial charge in [-0.1, -0.05) is 0 Å². The number of rotatable bonds is 2.